The van der Waals surface area contributed by atoms with Crippen LogP contribution in [0, 0.1) is 0 Å². The lowest BCUT2D eigenvalue weighted by Gasteiger charge is -2.26. The first-order valence-corrected chi connectivity index (χ1v) is 9.22. The van der Waals surface area contributed by atoms with E-state index in [9.17, 15) is 14.4 Å². The first-order valence-electron chi connectivity index (χ1n) is 8.43. The van der Waals surface area contributed by atoms with Crippen molar-refractivity contribution < 1.29 is 23.9 Å². The summed E-state index contributed by atoms with van der Waals surface area (Å²) < 4.78 is 11.5. The highest BCUT2D eigenvalue weighted by Crippen LogP contribution is 2.37. The van der Waals surface area contributed by atoms with Crippen molar-refractivity contribution >= 4 is 45.5 Å². The molecule has 1 saturated heterocycles. The number of urea groups is 1. The van der Waals surface area contributed by atoms with Crippen LogP contribution in [0.25, 0.3) is 6.08 Å². The number of anilines is 1. The second-order valence-electron chi connectivity index (χ2n) is 5.76. The Bertz CT molecular complexity index is 972. The van der Waals surface area contributed by atoms with Crippen molar-refractivity contribution in [2.45, 2.75) is 6.92 Å². The molecule has 144 valence electrons. The molecule has 2 aromatic rings. The van der Waals surface area contributed by atoms with Gasteiger partial charge in [0, 0.05) is 0 Å². The van der Waals surface area contributed by atoms with Gasteiger partial charge in [0.1, 0.15) is 5.57 Å². The summed E-state index contributed by atoms with van der Waals surface area (Å²) in [6, 6.07) is 10.9. The van der Waals surface area contributed by atoms with Crippen LogP contribution in [0.5, 0.6) is 11.5 Å². The van der Waals surface area contributed by atoms with Gasteiger partial charge in [0.2, 0.25) is 0 Å². The number of halogens is 1. The van der Waals surface area contributed by atoms with Crippen LogP contribution in [-0.4, -0.2) is 31.6 Å². The summed E-state index contributed by atoms with van der Waals surface area (Å²) >= 11 is 3.41. The van der Waals surface area contributed by atoms with Gasteiger partial charge in [0.15, 0.2) is 11.5 Å². The van der Waals surface area contributed by atoms with E-state index in [1.54, 1.807) is 42.5 Å². The highest BCUT2D eigenvalue weighted by Gasteiger charge is 2.36. The molecular formula is C20H17BrN2O5. The summed E-state index contributed by atoms with van der Waals surface area (Å²) in [6.45, 7) is 2.30. The lowest BCUT2D eigenvalue weighted by atomic mass is 10.1. The van der Waals surface area contributed by atoms with Crippen LogP contribution in [-0.2, 0) is 9.59 Å². The Kier molecular flexibility index (Phi) is 5.79. The highest BCUT2D eigenvalue weighted by atomic mass is 79.9. The van der Waals surface area contributed by atoms with E-state index in [-0.39, 0.29) is 5.57 Å². The number of barbiturate groups is 1. The summed E-state index contributed by atoms with van der Waals surface area (Å²) in [5.74, 6) is -0.495. The highest BCUT2D eigenvalue weighted by molar-refractivity contribution is 9.10. The average Bonchev–Trinajstić information content (AvgIpc) is 2.67. The Hall–Kier alpha value is -3.13. The molecule has 1 N–H and O–H groups in total. The zero-order valence-electron chi connectivity index (χ0n) is 15.2. The molecule has 1 fully saturated rings. The quantitative estimate of drug-likeness (QED) is 0.563. The summed E-state index contributed by atoms with van der Waals surface area (Å²) in [5.41, 5.74) is 0.739. The van der Waals surface area contributed by atoms with Crippen LogP contribution in [0.4, 0.5) is 10.5 Å². The Labute approximate surface area is 170 Å². The number of ether oxygens (including phenoxy) is 2. The van der Waals surface area contributed by atoms with Gasteiger partial charge < -0.3 is 9.47 Å². The number of amides is 4. The lowest BCUT2D eigenvalue weighted by Crippen LogP contribution is -2.54. The van der Waals surface area contributed by atoms with Crippen molar-refractivity contribution in [3.05, 3.63) is 58.1 Å². The van der Waals surface area contributed by atoms with Gasteiger partial charge in [0.05, 0.1) is 23.9 Å². The van der Waals surface area contributed by atoms with Crippen LogP contribution in [0.3, 0.4) is 0 Å². The van der Waals surface area contributed by atoms with Gasteiger partial charge in [-0.05, 0) is 58.8 Å². The SMILES string of the molecule is CCOc1c(Br)cc(/C=C2\C(=O)NC(=O)N(c3ccccc3)C2=O)cc1OC. The summed E-state index contributed by atoms with van der Waals surface area (Å²) in [4.78, 5) is 38.3. The van der Waals surface area contributed by atoms with Gasteiger partial charge in [-0.25, -0.2) is 9.69 Å². The first-order chi connectivity index (χ1) is 13.5. The zero-order chi connectivity index (χ0) is 20.3. The molecule has 0 radical (unpaired) electrons. The Morgan fingerprint density at radius 3 is 2.50 bits per heavy atom. The third-order valence-electron chi connectivity index (χ3n) is 3.97. The van der Waals surface area contributed by atoms with Gasteiger partial charge in [-0.2, -0.15) is 0 Å². The Morgan fingerprint density at radius 2 is 1.86 bits per heavy atom. The molecule has 1 aliphatic heterocycles. The lowest BCUT2D eigenvalue weighted by molar-refractivity contribution is -0.122. The normalized spacial score (nSPS) is 15.6. The van der Waals surface area contributed by atoms with Crippen LogP contribution < -0.4 is 19.7 Å². The molecule has 28 heavy (non-hydrogen) atoms. The predicted octanol–water partition coefficient (Wildman–Crippen LogP) is 3.52. The number of imide groups is 2. The molecule has 0 saturated carbocycles. The fourth-order valence-corrected chi connectivity index (χ4v) is 3.32. The molecule has 7 nitrogen and oxygen atoms in total. The maximum Gasteiger partial charge on any atom is 0.335 e. The molecule has 8 heteroatoms. The molecule has 3 rings (SSSR count). The van der Waals surface area contributed by atoms with Crippen molar-refractivity contribution in [3.63, 3.8) is 0 Å². The number of carbonyl (C=O) groups is 3. The first kappa shape index (κ1) is 19.6. The van der Waals surface area contributed by atoms with Crippen molar-refractivity contribution in [2.75, 3.05) is 18.6 Å². The zero-order valence-corrected chi connectivity index (χ0v) is 16.8. The van der Waals surface area contributed by atoms with E-state index in [4.69, 9.17) is 9.47 Å². The molecule has 0 atom stereocenters. The molecule has 0 unspecified atom stereocenters. The molecule has 4 amide bonds. The number of hydrogen-bond donors (Lipinski definition) is 1. The number of hydrogen-bond acceptors (Lipinski definition) is 5. The monoisotopic (exact) mass is 444 g/mol. The number of rotatable bonds is 5. The molecule has 1 heterocycles. The molecule has 0 aliphatic carbocycles. The van der Waals surface area contributed by atoms with E-state index in [1.165, 1.54) is 13.2 Å². The second-order valence-corrected chi connectivity index (χ2v) is 6.61. The fraction of sp³-hybridized carbons (Fsp3) is 0.150. The summed E-state index contributed by atoms with van der Waals surface area (Å²) in [7, 11) is 1.50. The Balaban J connectivity index is 2.03. The van der Waals surface area contributed by atoms with E-state index >= 15 is 0 Å². The summed E-state index contributed by atoms with van der Waals surface area (Å²) in [5, 5.41) is 2.19. The van der Waals surface area contributed by atoms with Crippen molar-refractivity contribution in [1.29, 1.82) is 0 Å². The van der Waals surface area contributed by atoms with Gasteiger partial charge in [0.25, 0.3) is 11.8 Å². The number of benzene rings is 2. The van der Waals surface area contributed by atoms with Crippen LogP contribution >= 0.6 is 15.9 Å². The van der Waals surface area contributed by atoms with Gasteiger partial charge in [-0.15, -0.1) is 0 Å². The van der Waals surface area contributed by atoms with Crippen molar-refractivity contribution in [3.8, 4) is 11.5 Å². The van der Waals surface area contributed by atoms with Gasteiger partial charge >= 0.3 is 6.03 Å². The van der Waals surface area contributed by atoms with Gasteiger partial charge in [-0.1, -0.05) is 18.2 Å². The van der Waals surface area contributed by atoms with Crippen molar-refractivity contribution in [1.82, 2.24) is 5.32 Å². The van der Waals surface area contributed by atoms with Crippen LogP contribution in [0.15, 0.2) is 52.5 Å². The number of nitrogens with one attached hydrogen (secondary N) is 1. The molecule has 2 aromatic carbocycles. The number of carbonyl (C=O) groups excluding carboxylic acids is 3. The topological polar surface area (TPSA) is 84.9 Å². The minimum Gasteiger partial charge on any atom is -0.493 e. The van der Waals surface area contributed by atoms with Crippen LogP contribution in [0.2, 0.25) is 0 Å². The minimum absolute atomic E-state index is 0.165. The molecule has 0 bridgehead atoms. The number of nitrogens with zero attached hydrogens (tertiary/aromatic N) is 1. The maximum atomic E-state index is 12.9. The summed E-state index contributed by atoms with van der Waals surface area (Å²) in [6.07, 6.45) is 1.41. The largest absolute Gasteiger partial charge is 0.493 e. The maximum absolute atomic E-state index is 12.9. The Morgan fingerprint density at radius 1 is 1.14 bits per heavy atom. The van der Waals surface area contributed by atoms with Crippen molar-refractivity contribution in [2.24, 2.45) is 0 Å². The van der Waals surface area contributed by atoms with E-state index in [0.717, 1.165) is 4.90 Å². The second kappa shape index (κ2) is 8.26. The third-order valence-corrected chi connectivity index (χ3v) is 4.56. The molecule has 0 aromatic heterocycles. The number of para-hydroxylation sites is 1. The van der Waals surface area contributed by atoms with E-state index in [2.05, 4.69) is 21.2 Å². The molecule has 1 aliphatic rings. The predicted molar refractivity (Wildman–Crippen MR) is 107 cm³/mol. The van der Waals surface area contributed by atoms with E-state index in [0.29, 0.717) is 33.8 Å². The average molecular weight is 445 g/mol. The molecular weight excluding hydrogens is 428 g/mol. The van der Waals surface area contributed by atoms with E-state index in [1.807, 2.05) is 6.92 Å². The standard InChI is InChI=1S/C20H17BrN2O5/c1-3-28-17-15(21)10-12(11-16(17)27-2)9-14-18(24)22-20(26)23(19(14)25)13-7-5-4-6-8-13/h4-11H,3H2,1-2H3,(H,22,24,26)/b14-9+. The fourth-order valence-electron chi connectivity index (χ4n) is 2.74. The molecule has 0 spiro atoms. The number of methoxy groups -OCH3 is 1. The van der Waals surface area contributed by atoms with Gasteiger partial charge in [-0.3, -0.25) is 14.9 Å². The minimum atomic E-state index is -0.788. The third kappa shape index (κ3) is 3.77. The smallest absolute Gasteiger partial charge is 0.335 e. The van der Waals surface area contributed by atoms with Crippen LogP contribution in [0.1, 0.15) is 12.5 Å². The van der Waals surface area contributed by atoms with E-state index < -0.39 is 17.8 Å².